The number of allylic oxidation sites excluding steroid dienone is 1. The third kappa shape index (κ3) is 5.35. The lowest BCUT2D eigenvalue weighted by atomic mass is 10.0. The number of hydrogen-bond acceptors (Lipinski definition) is 7. The highest BCUT2D eigenvalue weighted by Crippen LogP contribution is 2.30. The molecule has 1 aromatic heterocycles. The van der Waals surface area contributed by atoms with Crippen LogP contribution in [0.4, 0.5) is 0 Å². The summed E-state index contributed by atoms with van der Waals surface area (Å²) in [4.78, 5) is 25.6. The van der Waals surface area contributed by atoms with E-state index in [9.17, 15) is 20.1 Å². The van der Waals surface area contributed by atoms with Crippen molar-refractivity contribution in [2.45, 2.75) is 27.2 Å². The van der Waals surface area contributed by atoms with Crippen LogP contribution in [0.15, 0.2) is 28.2 Å². The van der Waals surface area contributed by atoms with E-state index in [1.165, 1.54) is 6.08 Å². The fraction of sp³-hybridized carbons (Fsp3) is 0.273. The molecule has 30 heavy (non-hydrogen) atoms. The molecule has 0 N–H and O–H groups in total. The van der Waals surface area contributed by atoms with Crippen molar-refractivity contribution in [1.82, 2.24) is 0 Å². The van der Waals surface area contributed by atoms with Crippen molar-refractivity contribution in [2.75, 3.05) is 13.2 Å². The second kappa shape index (κ2) is 10.7. The van der Waals surface area contributed by atoms with Crippen molar-refractivity contribution < 1.29 is 19.1 Å². The van der Waals surface area contributed by atoms with Crippen molar-refractivity contribution in [3.8, 4) is 17.9 Å². The number of Topliss-reactive ketones (excluding diaryl/α,β-unsaturated/α-hetero) is 1. The molecule has 0 amide bonds. The highest BCUT2D eigenvalue weighted by atomic mass is 79.9. The van der Waals surface area contributed by atoms with Gasteiger partial charge < -0.3 is 9.47 Å². The molecule has 154 valence electrons. The van der Waals surface area contributed by atoms with Crippen molar-refractivity contribution in [3.63, 3.8) is 0 Å². The van der Waals surface area contributed by atoms with Crippen molar-refractivity contribution in [1.29, 1.82) is 10.5 Å². The van der Waals surface area contributed by atoms with Crippen LogP contribution in [0, 0.1) is 29.6 Å². The average molecular weight is 487 g/mol. The SMILES string of the molecule is CCOC(=O)c1sc(CC(=O)/C(C#N)=C/c2ccc(OCC)c(Br)c2)c(C#N)c1C. The van der Waals surface area contributed by atoms with Crippen LogP contribution in [0.5, 0.6) is 5.75 Å². The van der Waals surface area contributed by atoms with Gasteiger partial charge in [-0.25, -0.2) is 4.79 Å². The van der Waals surface area contributed by atoms with Gasteiger partial charge in [0.2, 0.25) is 0 Å². The predicted octanol–water partition coefficient (Wildman–Crippen LogP) is 4.98. The van der Waals surface area contributed by atoms with Gasteiger partial charge in [0.05, 0.1) is 28.8 Å². The van der Waals surface area contributed by atoms with Crippen LogP contribution in [-0.4, -0.2) is 25.0 Å². The lowest BCUT2D eigenvalue weighted by Crippen LogP contribution is -2.05. The first kappa shape index (κ1) is 23.3. The van der Waals surface area contributed by atoms with Crippen molar-refractivity contribution >= 4 is 45.1 Å². The topological polar surface area (TPSA) is 100 Å². The van der Waals surface area contributed by atoms with E-state index in [-0.39, 0.29) is 24.2 Å². The van der Waals surface area contributed by atoms with Gasteiger partial charge in [-0.2, -0.15) is 10.5 Å². The van der Waals surface area contributed by atoms with Crippen LogP contribution >= 0.6 is 27.3 Å². The summed E-state index contributed by atoms with van der Waals surface area (Å²) >= 11 is 4.46. The molecule has 0 radical (unpaired) electrons. The molecule has 0 atom stereocenters. The van der Waals surface area contributed by atoms with Gasteiger partial charge in [0, 0.05) is 11.3 Å². The van der Waals surface area contributed by atoms with E-state index in [0.717, 1.165) is 11.3 Å². The first-order valence-corrected chi connectivity index (χ1v) is 10.7. The summed E-state index contributed by atoms with van der Waals surface area (Å²) < 4.78 is 11.2. The summed E-state index contributed by atoms with van der Waals surface area (Å²) in [6.45, 7) is 5.95. The molecule has 0 saturated carbocycles. The maximum Gasteiger partial charge on any atom is 0.348 e. The zero-order valence-electron chi connectivity index (χ0n) is 16.7. The minimum absolute atomic E-state index is 0.0429. The van der Waals surface area contributed by atoms with Crippen molar-refractivity contribution in [2.24, 2.45) is 0 Å². The predicted molar refractivity (Wildman–Crippen MR) is 117 cm³/mol. The third-order valence-electron chi connectivity index (χ3n) is 4.10. The standard InChI is InChI=1S/C22H19BrN2O4S/c1-4-28-19-7-6-14(9-17(19)23)8-15(11-24)18(26)10-20-16(12-25)13(3)21(30-20)22(27)29-5-2/h6-9H,4-5,10H2,1-3H3/b15-8+. The zero-order valence-corrected chi connectivity index (χ0v) is 19.1. The van der Waals surface area contributed by atoms with E-state index in [4.69, 9.17) is 9.47 Å². The van der Waals surface area contributed by atoms with E-state index in [1.807, 2.05) is 19.1 Å². The maximum absolute atomic E-state index is 12.7. The Morgan fingerprint density at radius 1 is 1.23 bits per heavy atom. The van der Waals surface area contributed by atoms with Gasteiger partial charge in [0.1, 0.15) is 22.8 Å². The second-order valence-corrected chi connectivity index (χ2v) is 8.04. The number of benzene rings is 1. The molecule has 1 aromatic carbocycles. The van der Waals surface area contributed by atoms with Crippen LogP contribution in [0.2, 0.25) is 0 Å². The third-order valence-corrected chi connectivity index (χ3v) is 5.99. The first-order valence-electron chi connectivity index (χ1n) is 9.12. The Kier molecular flexibility index (Phi) is 8.35. The number of nitriles is 2. The summed E-state index contributed by atoms with van der Waals surface area (Å²) in [6.07, 6.45) is 1.34. The molecule has 0 aliphatic rings. The molecule has 0 bridgehead atoms. The molecule has 2 aromatic rings. The molecule has 0 aliphatic carbocycles. The minimum atomic E-state index is -0.523. The summed E-state index contributed by atoms with van der Waals surface area (Å²) in [5.41, 5.74) is 1.38. The second-order valence-electron chi connectivity index (χ2n) is 6.08. The number of ketones is 1. The Hall–Kier alpha value is -2.94. The number of ether oxygens (including phenoxy) is 2. The van der Waals surface area contributed by atoms with Gasteiger partial charge in [-0.1, -0.05) is 6.07 Å². The van der Waals surface area contributed by atoms with E-state index in [1.54, 1.807) is 32.0 Å². The molecule has 0 aliphatic heterocycles. The lowest BCUT2D eigenvalue weighted by Gasteiger charge is -2.06. The summed E-state index contributed by atoms with van der Waals surface area (Å²) in [7, 11) is 0. The average Bonchev–Trinajstić information content (AvgIpc) is 3.03. The smallest absolute Gasteiger partial charge is 0.348 e. The number of halogens is 1. The van der Waals surface area contributed by atoms with E-state index >= 15 is 0 Å². The highest BCUT2D eigenvalue weighted by Gasteiger charge is 2.23. The molecule has 8 heteroatoms. The number of esters is 1. The van der Waals surface area contributed by atoms with Gasteiger partial charge >= 0.3 is 5.97 Å². The van der Waals surface area contributed by atoms with Gasteiger partial charge in [-0.05, 0) is 66.0 Å². The Morgan fingerprint density at radius 2 is 1.97 bits per heavy atom. The summed E-state index contributed by atoms with van der Waals surface area (Å²) in [5.74, 6) is -0.292. The molecular formula is C22H19BrN2O4S. The van der Waals surface area contributed by atoms with Gasteiger partial charge in [-0.3, -0.25) is 4.79 Å². The van der Waals surface area contributed by atoms with E-state index in [2.05, 4.69) is 15.9 Å². The zero-order chi connectivity index (χ0) is 22.3. The summed E-state index contributed by atoms with van der Waals surface area (Å²) in [5, 5.41) is 18.9. The Morgan fingerprint density at radius 3 is 2.53 bits per heavy atom. The number of nitrogens with zero attached hydrogens (tertiary/aromatic N) is 2. The largest absolute Gasteiger partial charge is 0.493 e. The Labute approximate surface area is 187 Å². The fourth-order valence-electron chi connectivity index (χ4n) is 2.70. The lowest BCUT2D eigenvalue weighted by molar-refractivity contribution is -0.114. The summed E-state index contributed by atoms with van der Waals surface area (Å²) in [6, 6.07) is 9.22. The fourth-order valence-corrected chi connectivity index (χ4v) is 4.36. The molecule has 0 unspecified atom stereocenters. The van der Waals surface area contributed by atoms with Crippen LogP contribution in [0.3, 0.4) is 0 Å². The van der Waals surface area contributed by atoms with Crippen molar-refractivity contribution in [3.05, 3.63) is 54.7 Å². The van der Waals surface area contributed by atoms with Crippen LogP contribution < -0.4 is 4.74 Å². The van der Waals surface area contributed by atoms with Crippen LogP contribution in [0.1, 0.15) is 45.1 Å². The number of thiophene rings is 1. The Bertz CT molecular complexity index is 1090. The molecule has 2 rings (SSSR count). The van der Waals surface area contributed by atoms with E-state index in [0.29, 0.717) is 37.7 Å². The van der Waals surface area contributed by atoms with Crippen LogP contribution in [-0.2, 0) is 16.0 Å². The monoisotopic (exact) mass is 486 g/mol. The van der Waals surface area contributed by atoms with Crippen LogP contribution in [0.25, 0.3) is 6.08 Å². The highest BCUT2D eigenvalue weighted by molar-refractivity contribution is 9.10. The Balaban J connectivity index is 2.32. The molecule has 0 fully saturated rings. The quantitative estimate of drug-likeness (QED) is 0.296. The molecule has 0 spiro atoms. The van der Waals surface area contributed by atoms with Gasteiger partial charge in [0.15, 0.2) is 5.78 Å². The first-order chi connectivity index (χ1) is 14.4. The van der Waals surface area contributed by atoms with E-state index < -0.39 is 11.8 Å². The molecular weight excluding hydrogens is 468 g/mol. The minimum Gasteiger partial charge on any atom is -0.493 e. The number of carbonyl (C=O) groups is 2. The number of hydrogen-bond donors (Lipinski definition) is 0. The maximum atomic E-state index is 12.7. The van der Waals surface area contributed by atoms with Gasteiger partial charge in [0.25, 0.3) is 0 Å². The normalized spacial score (nSPS) is 10.8. The number of carbonyl (C=O) groups excluding carboxylic acids is 2. The number of rotatable bonds is 8. The molecule has 1 heterocycles. The molecule has 0 saturated heterocycles. The van der Waals surface area contributed by atoms with Gasteiger partial charge in [-0.15, -0.1) is 11.3 Å². The molecule has 6 nitrogen and oxygen atoms in total.